The molecule has 0 bridgehead atoms. The van der Waals surface area contributed by atoms with Gasteiger partial charge in [-0.05, 0) is 19.1 Å². The van der Waals surface area contributed by atoms with Crippen molar-refractivity contribution in [3.63, 3.8) is 0 Å². The number of amides is 1. The first-order valence-electron chi connectivity index (χ1n) is 5.23. The summed E-state index contributed by atoms with van der Waals surface area (Å²) in [7, 11) is 0. The Hall–Kier alpha value is -1.49. The highest BCUT2D eigenvalue weighted by atomic mass is 32.2. The van der Waals surface area contributed by atoms with Gasteiger partial charge < -0.3 is 10.4 Å². The Morgan fingerprint density at radius 1 is 1.41 bits per heavy atom. The second-order valence-electron chi connectivity index (χ2n) is 3.72. The molecule has 0 saturated carbocycles. The molecule has 2 N–H and O–H groups in total. The first-order chi connectivity index (χ1) is 8.00. The van der Waals surface area contributed by atoms with E-state index >= 15 is 0 Å². The third-order valence-electron chi connectivity index (χ3n) is 2.04. The van der Waals surface area contributed by atoms with E-state index in [1.165, 1.54) is 13.0 Å². The number of phenols is 1. The summed E-state index contributed by atoms with van der Waals surface area (Å²) in [4.78, 5) is 22.5. The molecule has 0 aliphatic rings. The smallest absolute Gasteiger partial charge is 0.223 e. The van der Waals surface area contributed by atoms with Crippen molar-refractivity contribution in [3.05, 3.63) is 29.8 Å². The summed E-state index contributed by atoms with van der Waals surface area (Å²) in [6.45, 7) is 3.26. The summed E-state index contributed by atoms with van der Waals surface area (Å²) in [6, 6.07) is 6.34. The molecule has 0 spiro atoms. The molecular weight excluding hydrogens is 238 g/mol. The van der Waals surface area contributed by atoms with Crippen molar-refractivity contribution in [1.29, 1.82) is 0 Å². The van der Waals surface area contributed by atoms with Crippen molar-refractivity contribution in [2.75, 3.05) is 5.75 Å². The molecule has 1 amide bonds. The molecule has 0 fully saturated rings. The average molecular weight is 253 g/mol. The maximum atomic E-state index is 11.7. The molecule has 0 heterocycles. The molecule has 0 aliphatic heterocycles. The normalized spacial score (nSPS) is 11.9. The van der Waals surface area contributed by atoms with Crippen LogP contribution in [0, 0.1) is 0 Å². The lowest BCUT2D eigenvalue weighted by molar-refractivity contribution is -0.119. The van der Waals surface area contributed by atoms with Gasteiger partial charge in [-0.2, -0.15) is 0 Å². The number of thioether (sulfide) groups is 1. The van der Waals surface area contributed by atoms with Crippen LogP contribution in [0.1, 0.15) is 24.2 Å². The molecule has 0 aliphatic carbocycles. The number of nitrogens with one attached hydrogen (secondary N) is 1. The Morgan fingerprint density at radius 2 is 2.06 bits per heavy atom. The topological polar surface area (TPSA) is 66.4 Å². The summed E-state index contributed by atoms with van der Waals surface area (Å²) in [5, 5.41) is 12.0. The average Bonchev–Trinajstić information content (AvgIpc) is 2.25. The zero-order valence-corrected chi connectivity index (χ0v) is 10.6. The highest BCUT2D eigenvalue weighted by Gasteiger charge is 2.13. The van der Waals surface area contributed by atoms with E-state index in [-0.39, 0.29) is 22.8 Å². The van der Waals surface area contributed by atoms with Crippen molar-refractivity contribution in [2.24, 2.45) is 0 Å². The van der Waals surface area contributed by atoms with Gasteiger partial charge in [-0.15, -0.1) is 0 Å². The van der Waals surface area contributed by atoms with Gasteiger partial charge >= 0.3 is 0 Å². The van der Waals surface area contributed by atoms with Crippen molar-refractivity contribution < 1.29 is 14.7 Å². The lowest BCUT2D eigenvalue weighted by atomic mass is 10.2. The van der Waals surface area contributed by atoms with E-state index in [2.05, 4.69) is 5.32 Å². The van der Waals surface area contributed by atoms with Gasteiger partial charge in [-0.3, -0.25) is 9.59 Å². The third-order valence-corrected chi connectivity index (χ3v) is 3.19. The Labute approximate surface area is 104 Å². The number of carbonyl (C=O) groups excluding carboxylic acids is 2. The molecule has 5 heteroatoms. The van der Waals surface area contributed by atoms with Crippen molar-refractivity contribution in [1.82, 2.24) is 5.32 Å². The van der Waals surface area contributed by atoms with E-state index in [0.717, 1.165) is 11.8 Å². The molecule has 0 radical (unpaired) electrons. The number of hydrogen-bond donors (Lipinski definition) is 2. The Morgan fingerprint density at radius 3 is 2.65 bits per heavy atom. The van der Waals surface area contributed by atoms with E-state index in [0.29, 0.717) is 11.3 Å². The van der Waals surface area contributed by atoms with Gasteiger partial charge in [0, 0.05) is 18.7 Å². The van der Waals surface area contributed by atoms with Gasteiger partial charge in [0.25, 0.3) is 0 Å². The van der Waals surface area contributed by atoms with Crippen LogP contribution in [0.25, 0.3) is 0 Å². The molecule has 17 heavy (non-hydrogen) atoms. The van der Waals surface area contributed by atoms with Crippen LogP contribution in [-0.2, 0) is 4.79 Å². The highest BCUT2D eigenvalue weighted by molar-refractivity contribution is 8.14. The zero-order valence-electron chi connectivity index (χ0n) is 9.77. The van der Waals surface area contributed by atoms with E-state index in [1.807, 2.05) is 6.92 Å². The van der Waals surface area contributed by atoms with Gasteiger partial charge in [-0.1, -0.05) is 23.9 Å². The number of benzene rings is 1. The lowest BCUT2D eigenvalue weighted by Gasteiger charge is -2.11. The number of carbonyl (C=O) groups is 2. The van der Waals surface area contributed by atoms with Crippen molar-refractivity contribution >= 4 is 22.8 Å². The summed E-state index contributed by atoms with van der Waals surface area (Å²) < 4.78 is 0. The fourth-order valence-corrected chi connectivity index (χ4v) is 2.13. The van der Waals surface area contributed by atoms with Crippen LogP contribution in [0.2, 0.25) is 0 Å². The van der Waals surface area contributed by atoms with Crippen LogP contribution >= 0.6 is 11.8 Å². The molecule has 1 rings (SSSR count). The monoisotopic (exact) mass is 253 g/mol. The van der Waals surface area contributed by atoms with E-state index in [1.54, 1.807) is 18.2 Å². The van der Waals surface area contributed by atoms with Crippen molar-refractivity contribution in [2.45, 2.75) is 19.9 Å². The quantitative estimate of drug-likeness (QED) is 0.858. The van der Waals surface area contributed by atoms with E-state index in [9.17, 15) is 14.7 Å². The van der Waals surface area contributed by atoms with Crippen LogP contribution in [0.4, 0.5) is 0 Å². The first-order valence-corrected chi connectivity index (χ1v) is 6.21. The lowest BCUT2D eigenvalue weighted by Crippen LogP contribution is -2.32. The van der Waals surface area contributed by atoms with Gasteiger partial charge in [-0.25, -0.2) is 0 Å². The van der Waals surface area contributed by atoms with E-state index < -0.39 is 0 Å². The maximum Gasteiger partial charge on any atom is 0.223 e. The molecule has 0 saturated heterocycles. The zero-order chi connectivity index (χ0) is 12.8. The summed E-state index contributed by atoms with van der Waals surface area (Å²) >= 11 is 1.08. The second kappa shape index (κ2) is 6.30. The first kappa shape index (κ1) is 13.6. The van der Waals surface area contributed by atoms with Crippen molar-refractivity contribution in [3.8, 4) is 5.75 Å². The molecule has 1 atom stereocenters. The molecule has 0 aromatic heterocycles. The van der Waals surface area contributed by atoms with Gasteiger partial charge in [0.2, 0.25) is 11.0 Å². The third kappa shape index (κ3) is 4.48. The van der Waals surface area contributed by atoms with Crippen LogP contribution in [0.5, 0.6) is 5.75 Å². The molecule has 1 aromatic rings. The molecular formula is C12H15NO3S. The number of phenolic OH excluding ortho intramolecular Hbond substituents is 1. The largest absolute Gasteiger partial charge is 0.507 e. The van der Waals surface area contributed by atoms with Gasteiger partial charge in [0.05, 0.1) is 5.56 Å². The molecule has 4 nitrogen and oxygen atoms in total. The molecule has 1 aromatic carbocycles. The number of aromatic hydroxyl groups is 1. The van der Waals surface area contributed by atoms with Gasteiger partial charge in [0.15, 0.2) is 0 Å². The second-order valence-corrected chi connectivity index (χ2v) is 4.71. The molecule has 92 valence electrons. The van der Waals surface area contributed by atoms with Gasteiger partial charge in [0.1, 0.15) is 5.75 Å². The fourth-order valence-electron chi connectivity index (χ4n) is 1.31. The number of hydrogen-bond acceptors (Lipinski definition) is 4. The Balaban J connectivity index is 2.51. The van der Waals surface area contributed by atoms with Crippen LogP contribution in [0.15, 0.2) is 24.3 Å². The van der Waals surface area contributed by atoms with Crippen LogP contribution in [0.3, 0.4) is 0 Å². The minimum Gasteiger partial charge on any atom is -0.507 e. The minimum absolute atomic E-state index is 0.0165. The SMILES string of the molecule is CC(=O)N[C@H](C)CSC(=O)c1ccccc1O. The summed E-state index contributed by atoms with van der Waals surface area (Å²) in [6.07, 6.45) is 0. The maximum absolute atomic E-state index is 11.7. The summed E-state index contributed by atoms with van der Waals surface area (Å²) in [5.74, 6) is 0.345. The van der Waals surface area contributed by atoms with E-state index in [4.69, 9.17) is 0 Å². The predicted octanol–water partition coefficient (Wildman–Crippen LogP) is 1.79. The minimum atomic E-state index is -0.194. The number of para-hydroxylation sites is 1. The fraction of sp³-hybridized carbons (Fsp3) is 0.333. The number of rotatable bonds is 4. The predicted molar refractivity (Wildman–Crippen MR) is 68.2 cm³/mol. The van der Waals surface area contributed by atoms with Crippen LogP contribution < -0.4 is 5.32 Å². The van der Waals surface area contributed by atoms with Crippen LogP contribution in [-0.4, -0.2) is 27.9 Å². The Kier molecular flexibility index (Phi) is 5.03. The molecule has 0 unspecified atom stereocenters. The standard InChI is InChI=1S/C12H15NO3S/c1-8(13-9(2)14)7-17-12(16)10-5-3-4-6-11(10)15/h3-6,8,15H,7H2,1-2H3,(H,13,14)/t8-/m1/s1. The highest BCUT2D eigenvalue weighted by Crippen LogP contribution is 2.21. The summed E-state index contributed by atoms with van der Waals surface area (Å²) in [5.41, 5.74) is 0.299. The Bertz CT molecular complexity index is 420.